The second-order valence-electron chi connectivity index (χ2n) is 3.39. The zero-order valence-corrected chi connectivity index (χ0v) is 8.48. The summed E-state index contributed by atoms with van der Waals surface area (Å²) in [6.07, 6.45) is 1.85. The van der Waals surface area contributed by atoms with E-state index in [1.54, 1.807) is 6.20 Å². The Kier molecular flexibility index (Phi) is 2.87. The minimum Gasteiger partial charge on any atom is -0.396 e. The fraction of sp³-hybridized carbons (Fsp3) is 0.182. The van der Waals surface area contributed by atoms with E-state index in [9.17, 15) is 9.18 Å². The van der Waals surface area contributed by atoms with Gasteiger partial charge in [0.05, 0.1) is 5.69 Å². The average Bonchev–Trinajstić information content (AvgIpc) is 2.63. The van der Waals surface area contributed by atoms with E-state index in [0.29, 0.717) is 17.7 Å². The third-order valence-electron chi connectivity index (χ3n) is 2.31. The normalized spacial score (nSPS) is 10.6. The number of rotatable bonds is 3. The molecule has 0 bridgehead atoms. The van der Waals surface area contributed by atoms with E-state index in [2.05, 4.69) is 5.10 Å². The predicted octanol–water partition coefficient (Wildman–Crippen LogP) is 0.840. The summed E-state index contributed by atoms with van der Waals surface area (Å²) in [5.41, 5.74) is 0.850. The summed E-state index contributed by atoms with van der Waals surface area (Å²) in [5, 5.41) is 11.5. The van der Waals surface area contributed by atoms with Crippen molar-refractivity contribution >= 4 is 0 Å². The molecular weight excluding hydrogens is 211 g/mol. The Balaban J connectivity index is 2.41. The van der Waals surface area contributed by atoms with E-state index >= 15 is 0 Å². The van der Waals surface area contributed by atoms with E-state index in [-0.39, 0.29) is 18.0 Å². The van der Waals surface area contributed by atoms with Gasteiger partial charge in [-0.15, -0.1) is 0 Å². The number of benzene rings is 1. The van der Waals surface area contributed by atoms with Gasteiger partial charge in [-0.05, 0) is 24.3 Å². The molecule has 0 atom stereocenters. The molecule has 5 heteroatoms. The van der Waals surface area contributed by atoms with Crippen molar-refractivity contribution < 1.29 is 9.50 Å². The first-order chi connectivity index (χ1) is 7.72. The molecule has 0 fully saturated rings. The molecule has 0 aliphatic heterocycles. The Morgan fingerprint density at radius 1 is 1.31 bits per heavy atom. The summed E-state index contributed by atoms with van der Waals surface area (Å²) in [4.78, 5) is 11.8. The van der Waals surface area contributed by atoms with Crippen LogP contribution in [0.1, 0.15) is 5.56 Å². The first-order valence-corrected chi connectivity index (χ1v) is 4.88. The largest absolute Gasteiger partial charge is 0.396 e. The number of aromatic amines is 1. The molecule has 2 aromatic rings. The summed E-state index contributed by atoms with van der Waals surface area (Å²) >= 11 is 0. The second-order valence-corrected chi connectivity index (χ2v) is 3.39. The molecule has 1 aromatic heterocycles. The Bertz CT molecular complexity index is 528. The van der Waals surface area contributed by atoms with Gasteiger partial charge in [-0.25, -0.2) is 9.07 Å². The molecule has 4 nitrogen and oxygen atoms in total. The van der Waals surface area contributed by atoms with E-state index in [4.69, 9.17) is 5.11 Å². The number of aliphatic hydroxyl groups is 1. The molecule has 2 rings (SSSR count). The zero-order chi connectivity index (χ0) is 11.5. The van der Waals surface area contributed by atoms with Gasteiger partial charge in [-0.3, -0.25) is 9.89 Å². The first-order valence-electron chi connectivity index (χ1n) is 4.88. The molecule has 0 saturated heterocycles. The quantitative estimate of drug-likeness (QED) is 0.808. The van der Waals surface area contributed by atoms with Crippen molar-refractivity contribution in [3.8, 4) is 5.69 Å². The fourth-order valence-corrected chi connectivity index (χ4v) is 1.49. The molecule has 0 spiro atoms. The highest BCUT2D eigenvalue weighted by atomic mass is 19.1. The molecule has 0 amide bonds. The maximum atomic E-state index is 12.7. The van der Waals surface area contributed by atoms with Gasteiger partial charge in [0, 0.05) is 24.8 Å². The van der Waals surface area contributed by atoms with Crippen LogP contribution in [0.2, 0.25) is 0 Å². The number of nitrogens with one attached hydrogen (secondary N) is 1. The molecule has 84 valence electrons. The lowest BCUT2D eigenvalue weighted by atomic mass is 10.2. The van der Waals surface area contributed by atoms with Crippen molar-refractivity contribution in [1.82, 2.24) is 9.78 Å². The summed E-state index contributed by atoms with van der Waals surface area (Å²) in [6, 6.07) is 5.59. The maximum Gasteiger partial charge on any atom is 0.274 e. The molecule has 0 aliphatic rings. The van der Waals surface area contributed by atoms with E-state index in [1.165, 1.54) is 28.9 Å². The van der Waals surface area contributed by atoms with Crippen LogP contribution >= 0.6 is 0 Å². The summed E-state index contributed by atoms with van der Waals surface area (Å²) in [6.45, 7) is -0.0729. The van der Waals surface area contributed by atoms with Crippen molar-refractivity contribution in [1.29, 1.82) is 0 Å². The monoisotopic (exact) mass is 222 g/mol. The SMILES string of the molecule is O=c1c(CCO)c[nH]n1-c1ccc(F)cc1. The molecule has 0 radical (unpaired) electrons. The van der Waals surface area contributed by atoms with Gasteiger partial charge in [-0.1, -0.05) is 0 Å². The highest BCUT2D eigenvalue weighted by Crippen LogP contribution is 2.06. The minimum absolute atomic E-state index is 0.0729. The summed E-state index contributed by atoms with van der Waals surface area (Å²) in [7, 11) is 0. The molecular formula is C11H11FN2O2. The maximum absolute atomic E-state index is 12.7. The number of hydrogen-bond donors (Lipinski definition) is 2. The Labute approximate surface area is 90.9 Å². The van der Waals surface area contributed by atoms with Crippen LogP contribution in [0.5, 0.6) is 0 Å². The minimum atomic E-state index is -0.348. The van der Waals surface area contributed by atoms with Crippen molar-refractivity contribution in [3.05, 3.63) is 52.2 Å². The molecule has 1 aromatic carbocycles. The molecule has 16 heavy (non-hydrogen) atoms. The van der Waals surface area contributed by atoms with Gasteiger partial charge in [0.1, 0.15) is 5.82 Å². The second kappa shape index (κ2) is 4.32. The van der Waals surface area contributed by atoms with Gasteiger partial charge in [0.25, 0.3) is 5.56 Å². The van der Waals surface area contributed by atoms with Crippen LogP contribution in [0, 0.1) is 5.82 Å². The fourth-order valence-electron chi connectivity index (χ4n) is 1.49. The highest BCUT2D eigenvalue weighted by Gasteiger charge is 2.06. The van der Waals surface area contributed by atoms with Crippen molar-refractivity contribution in [2.45, 2.75) is 6.42 Å². The van der Waals surface area contributed by atoms with Gasteiger partial charge in [-0.2, -0.15) is 0 Å². The van der Waals surface area contributed by atoms with Gasteiger partial charge in [0.15, 0.2) is 0 Å². The highest BCUT2D eigenvalue weighted by molar-refractivity contribution is 5.31. The Morgan fingerprint density at radius 3 is 2.62 bits per heavy atom. The molecule has 0 unspecified atom stereocenters. The number of H-pyrrole nitrogens is 1. The van der Waals surface area contributed by atoms with E-state index in [1.807, 2.05) is 0 Å². The van der Waals surface area contributed by atoms with E-state index in [0.717, 1.165) is 0 Å². The predicted molar refractivity (Wildman–Crippen MR) is 57.1 cm³/mol. The van der Waals surface area contributed by atoms with Gasteiger partial charge in [0.2, 0.25) is 0 Å². The van der Waals surface area contributed by atoms with Crippen molar-refractivity contribution in [2.75, 3.05) is 6.61 Å². The van der Waals surface area contributed by atoms with Gasteiger partial charge < -0.3 is 5.11 Å². The van der Waals surface area contributed by atoms with Crippen LogP contribution < -0.4 is 5.56 Å². The van der Waals surface area contributed by atoms with Crippen LogP contribution in [-0.2, 0) is 6.42 Å². The number of nitrogens with zero attached hydrogens (tertiary/aromatic N) is 1. The van der Waals surface area contributed by atoms with Gasteiger partial charge >= 0.3 is 0 Å². The first kappa shape index (κ1) is 10.6. The number of aromatic nitrogens is 2. The topological polar surface area (TPSA) is 58.0 Å². The third kappa shape index (κ3) is 1.90. The number of halogens is 1. The van der Waals surface area contributed by atoms with Crippen LogP contribution in [0.4, 0.5) is 4.39 Å². The molecule has 0 aliphatic carbocycles. The smallest absolute Gasteiger partial charge is 0.274 e. The van der Waals surface area contributed by atoms with Crippen LogP contribution in [-0.4, -0.2) is 21.5 Å². The van der Waals surface area contributed by atoms with Crippen LogP contribution in [0.25, 0.3) is 5.69 Å². The summed E-state index contributed by atoms with van der Waals surface area (Å²) in [5.74, 6) is -0.348. The lowest BCUT2D eigenvalue weighted by Gasteiger charge is -2.00. The van der Waals surface area contributed by atoms with Crippen molar-refractivity contribution in [2.24, 2.45) is 0 Å². The average molecular weight is 222 g/mol. The Hall–Kier alpha value is -1.88. The van der Waals surface area contributed by atoms with Crippen molar-refractivity contribution in [3.63, 3.8) is 0 Å². The molecule has 0 saturated carbocycles. The van der Waals surface area contributed by atoms with E-state index < -0.39 is 0 Å². The summed E-state index contributed by atoms with van der Waals surface area (Å²) < 4.78 is 14.0. The standard InChI is InChI=1S/C11H11FN2O2/c12-9-1-3-10(4-2-9)14-11(16)8(5-6-15)7-13-14/h1-4,7,13,15H,5-6H2. The van der Waals surface area contributed by atoms with Crippen LogP contribution in [0.3, 0.4) is 0 Å². The molecule has 1 heterocycles. The lowest BCUT2D eigenvalue weighted by molar-refractivity contribution is 0.299. The number of aliphatic hydroxyl groups excluding tert-OH is 1. The molecule has 2 N–H and O–H groups in total. The number of hydrogen-bond acceptors (Lipinski definition) is 2. The zero-order valence-electron chi connectivity index (χ0n) is 8.48. The lowest BCUT2D eigenvalue weighted by Crippen LogP contribution is -2.17. The Morgan fingerprint density at radius 2 is 2.00 bits per heavy atom. The van der Waals surface area contributed by atoms with Crippen LogP contribution in [0.15, 0.2) is 35.3 Å². The third-order valence-corrected chi connectivity index (χ3v) is 2.31.